The van der Waals surface area contributed by atoms with Crippen LogP contribution < -0.4 is 25.2 Å². The van der Waals surface area contributed by atoms with E-state index in [2.05, 4.69) is 23.4 Å². The fraction of sp³-hybridized carbons (Fsp3) is 0.500. The molecule has 1 aliphatic heterocycles. The van der Waals surface area contributed by atoms with Crippen LogP contribution in [-0.2, 0) is 16.0 Å². The van der Waals surface area contributed by atoms with Crippen LogP contribution in [-0.4, -0.2) is 35.4 Å². The SMILES string of the molecule is CCCCCCCCCCCCCCCc1cccc(OC(CC)C(=O)NC2=NN(c3c(Cl)cc(OC)cc3Cl)C(=O)C2n2ccc(=O)cc2)c1. The van der Waals surface area contributed by atoms with Crippen molar-refractivity contribution in [1.82, 2.24) is 9.88 Å². The van der Waals surface area contributed by atoms with Crippen LogP contribution in [0.2, 0.25) is 10.0 Å². The number of amidine groups is 1. The first-order chi connectivity index (χ1) is 24.7. The summed E-state index contributed by atoms with van der Waals surface area (Å²) >= 11 is 13.0. The molecule has 2 heterocycles. The number of anilines is 1. The Bertz CT molecular complexity index is 1630. The van der Waals surface area contributed by atoms with Gasteiger partial charge in [-0.2, -0.15) is 5.01 Å². The first kappa shape index (κ1) is 40.0. The van der Waals surface area contributed by atoms with Gasteiger partial charge in [0.15, 0.2) is 23.4 Å². The number of rotatable bonds is 21. The first-order valence-electron chi connectivity index (χ1n) is 18.5. The average molecular weight is 740 g/mol. The molecule has 1 aromatic heterocycles. The lowest BCUT2D eigenvalue weighted by Gasteiger charge is -2.20. The van der Waals surface area contributed by atoms with Crippen LogP contribution in [0.3, 0.4) is 0 Å². The molecule has 0 spiro atoms. The van der Waals surface area contributed by atoms with Gasteiger partial charge in [0.2, 0.25) is 0 Å². The number of halogens is 2. The number of nitrogens with zero attached hydrogens (tertiary/aromatic N) is 3. The number of ether oxygens (including phenoxy) is 2. The predicted molar refractivity (Wildman–Crippen MR) is 206 cm³/mol. The Labute approximate surface area is 312 Å². The van der Waals surface area contributed by atoms with Crippen LogP contribution in [0.25, 0.3) is 0 Å². The number of aromatic nitrogens is 1. The van der Waals surface area contributed by atoms with Crippen molar-refractivity contribution in [2.45, 2.75) is 122 Å². The number of methoxy groups -OCH3 is 1. The molecule has 1 aliphatic rings. The van der Waals surface area contributed by atoms with E-state index >= 15 is 0 Å². The van der Waals surface area contributed by atoms with Gasteiger partial charge in [-0.15, -0.1) is 5.10 Å². The molecular weight excluding hydrogens is 687 g/mol. The number of pyridine rings is 1. The maximum atomic E-state index is 13.8. The molecule has 276 valence electrons. The van der Waals surface area contributed by atoms with E-state index < -0.39 is 24.0 Å². The van der Waals surface area contributed by atoms with E-state index in [0.717, 1.165) is 17.9 Å². The van der Waals surface area contributed by atoms with Gasteiger partial charge in [0.1, 0.15) is 17.2 Å². The number of unbranched alkanes of at least 4 members (excludes halogenated alkanes) is 12. The van der Waals surface area contributed by atoms with Crippen LogP contribution in [0.4, 0.5) is 5.69 Å². The van der Waals surface area contributed by atoms with E-state index in [1.165, 1.54) is 131 Å². The van der Waals surface area contributed by atoms with E-state index in [0.29, 0.717) is 17.9 Å². The second-order valence-electron chi connectivity index (χ2n) is 13.1. The van der Waals surface area contributed by atoms with Crippen LogP contribution in [0.15, 0.2) is 70.8 Å². The van der Waals surface area contributed by atoms with Gasteiger partial charge in [0, 0.05) is 36.7 Å². The molecule has 3 aromatic rings. The molecule has 0 fully saturated rings. The summed E-state index contributed by atoms with van der Waals surface area (Å²) in [5.74, 6) is 0.0496. The van der Waals surface area contributed by atoms with Gasteiger partial charge < -0.3 is 19.4 Å². The Hall–Kier alpha value is -3.82. The number of hydrogen-bond acceptors (Lipinski definition) is 6. The van der Waals surface area contributed by atoms with E-state index in [-0.39, 0.29) is 27.0 Å². The van der Waals surface area contributed by atoms with E-state index in [9.17, 15) is 14.4 Å². The zero-order valence-electron chi connectivity index (χ0n) is 30.2. The van der Waals surface area contributed by atoms with Crippen molar-refractivity contribution in [3.8, 4) is 11.5 Å². The van der Waals surface area contributed by atoms with Crippen molar-refractivity contribution >= 4 is 46.5 Å². The van der Waals surface area contributed by atoms with Crippen LogP contribution in [0, 0.1) is 0 Å². The minimum absolute atomic E-state index is 0.0369. The van der Waals surface area contributed by atoms with Gasteiger partial charge in [-0.05, 0) is 37.0 Å². The van der Waals surface area contributed by atoms with Gasteiger partial charge in [0.05, 0.1) is 17.2 Å². The van der Waals surface area contributed by atoms with Gasteiger partial charge in [0.25, 0.3) is 11.8 Å². The van der Waals surface area contributed by atoms with Gasteiger partial charge in [-0.1, -0.05) is 126 Å². The zero-order chi connectivity index (χ0) is 36.6. The highest BCUT2D eigenvalue weighted by Crippen LogP contribution is 2.40. The van der Waals surface area contributed by atoms with Crippen molar-refractivity contribution in [1.29, 1.82) is 0 Å². The largest absolute Gasteiger partial charge is 0.497 e. The van der Waals surface area contributed by atoms with E-state index in [1.807, 2.05) is 25.1 Å². The highest BCUT2D eigenvalue weighted by atomic mass is 35.5. The molecule has 2 atom stereocenters. The monoisotopic (exact) mass is 738 g/mol. The van der Waals surface area contributed by atoms with Crippen LogP contribution >= 0.6 is 23.2 Å². The Morgan fingerprint density at radius 3 is 1.98 bits per heavy atom. The van der Waals surface area contributed by atoms with Crippen molar-refractivity contribution in [3.05, 3.63) is 86.8 Å². The van der Waals surface area contributed by atoms with Crippen molar-refractivity contribution < 1.29 is 19.1 Å². The minimum Gasteiger partial charge on any atom is -0.497 e. The zero-order valence-corrected chi connectivity index (χ0v) is 31.7. The minimum atomic E-state index is -1.09. The number of hydrogen-bond donors (Lipinski definition) is 1. The molecule has 0 saturated heterocycles. The summed E-state index contributed by atoms with van der Waals surface area (Å²) in [6.45, 7) is 4.12. The Balaban J connectivity index is 1.33. The standard InChI is InChI=1S/C40H52Cl2N4O5/c1-4-6-7-8-9-10-11-12-13-14-15-16-17-19-29-20-18-21-31(26-29)51-35(5-2)39(48)43-38-37(45-24-22-30(47)23-25-45)40(49)46(44-38)36-33(41)27-32(50-3)28-34(36)42/h18,20-28,35,37H,4-17,19H2,1-3H3,(H,43,44,48). The summed E-state index contributed by atoms with van der Waals surface area (Å²) < 4.78 is 12.9. The first-order valence-corrected chi connectivity index (χ1v) is 19.2. The number of amides is 2. The molecule has 9 nitrogen and oxygen atoms in total. The molecule has 2 amide bonds. The summed E-state index contributed by atoms with van der Waals surface area (Å²) in [5, 5.41) is 8.61. The lowest BCUT2D eigenvalue weighted by atomic mass is 10.0. The quantitative estimate of drug-likeness (QED) is 0.110. The molecule has 0 radical (unpaired) electrons. The normalized spacial score (nSPS) is 14.8. The van der Waals surface area contributed by atoms with Crippen LogP contribution in [0.5, 0.6) is 11.5 Å². The lowest BCUT2D eigenvalue weighted by Crippen LogP contribution is -2.44. The number of benzene rings is 2. The Morgan fingerprint density at radius 2 is 1.41 bits per heavy atom. The maximum absolute atomic E-state index is 13.8. The van der Waals surface area contributed by atoms with E-state index in [1.54, 1.807) is 0 Å². The Morgan fingerprint density at radius 1 is 0.824 bits per heavy atom. The molecule has 0 aliphatic carbocycles. The third-order valence-electron chi connectivity index (χ3n) is 9.13. The second kappa shape index (κ2) is 20.9. The number of carbonyl (C=O) groups excluding carboxylic acids is 2. The summed E-state index contributed by atoms with van der Waals surface area (Å²) in [4.78, 5) is 39.3. The summed E-state index contributed by atoms with van der Waals surface area (Å²) in [7, 11) is 1.48. The highest BCUT2D eigenvalue weighted by molar-refractivity contribution is 6.40. The van der Waals surface area contributed by atoms with Crippen molar-refractivity contribution in [2.75, 3.05) is 12.1 Å². The number of hydrazone groups is 1. The number of carbonyl (C=O) groups is 2. The summed E-state index contributed by atoms with van der Waals surface area (Å²) in [6.07, 6.45) is 20.5. The maximum Gasteiger partial charge on any atom is 0.278 e. The molecule has 11 heteroatoms. The van der Waals surface area contributed by atoms with Gasteiger partial charge in [-0.25, -0.2) is 0 Å². The van der Waals surface area contributed by atoms with Crippen molar-refractivity contribution in [2.24, 2.45) is 5.10 Å². The number of aryl methyl sites for hydroxylation is 1. The summed E-state index contributed by atoms with van der Waals surface area (Å²) in [5.41, 5.74) is 1.08. The Kier molecular flexibility index (Phi) is 16.4. The highest BCUT2D eigenvalue weighted by Gasteiger charge is 2.41. The molecule has 0 bridgehead atoms. The predicted octanol–water partition coefficient (Wildman–Crippen LogP) is 9.67. The van der Waals surface area contributed by atoms with Gasteiger partial charge in [-0.3, -0.25) is 14.4 Å². The topological polar surface area (TPSA) is 102 Å². The number of nitrogens with one attached hydrogen (secondary N) is 1. The molecule has 0 saturated carbocycles. The van der Waals surface area contributed by atoms with Crippen LogP contribution in [0.1, 0.15) is 115 Å². The average Bonchev–Trinajstić information content (AvgIpc) is 3.43. The third-order valence-corrected chi connectivity index (χ3v) is 9.70. The molecule has 4 rings (SSSR count). The summed E-state index contributed by atoms with van der Waals surface area (Å²) in [6, 6.07) is 12.5. The van der Waals surface area contributed by atoms with E-state index in [4.69, 9.17) is 32.7 Å². The third kappa shape index (κ3) is 11.9. The fourth-order valence-electron chi connectivity index (χ4n) is 6.24. The molecular formula is C40H52Cl2N4O5. The van der Waals surface area contributed by atoms with Crippen molar-refractivity contribution in [3.63, 3.8) is 0 Å². The molecule has 2 aromatic carbocycles. The smallest absolute Gasteiger partial charge is 0.278 e. The molecule has 51 heavy (non-hydrogen) atoms. The molecule has 2 unspecified atom stereocenters. The second-order valence-corrected chi connectivity index (χ2v) is 13.9. The lowest BCUT2D eigenvalue weighted by molar-refractivity contribution is -0.126. The van der Waals surface area contributed by atoms with Gasteiger partial charge >= 0.3 is 0 Å². The fourth-order valence-corrected chi connectivity index (χ4v) is 6.87. The molecule has 1 N–H and O–H groups in total.